The number of aliphatic imine (C=N–C) groups is 1. The Morgan fingerprint density at radius 1 is 1.17 bits per heavy atom. The number of carbonyl (C=O) groups excluding carboxylic acids is 2. The number of para-hydroxylation sites is 1. The Morgan fingerprint density at radius 2 is 1.90 bits per heavy atom. The van der Waals surface area contributed by atoms with Gasteiger partial charge in [0, 0.05) is 32.7 Å². The van der Waals surface area contributed by atoms with Crippen molar-refractivity contribution < 1.29 is 23.5 Å². The highest BCUT2D eigenvalue weighted by molar-refractivity contribution is 6.06. The molecule has 1 unspecified atom stereocenters. The maximum Gasteiger partial charge on any atom is 0.246 e. The first kappa shape index (κ1) is 29.4. The highest BCUT2D eigenvalue weighted by atomic mass is 19.1. The van der Waals surface area contributed by atoms with Gasteiger partial charge >= 0.3 is 0 Å². The molecule has 2 aromatic carbocycles. The molecule has 4 rings (SSSR count). The number of pyridine rings is 1. The minimum Gasteiger partial charge on any atom is -0.507 e. The third-order valence-corrected chi connectivity index (χ3v) is 7.17. The van der Waals surface area contributed by atoms with Crippen molar-refractivity contribution in [2.75, 3.05) is 31.6 Å². The van der Waals surface area contributed by atoms with E-state index in [1.807, 2.05) is 37.8 Å². The molecule has 1 aromatic heterocycles. The maximum absolute atomic E-state index is 15.8. The van der Waals surface area contributed by atoms with Gasteiger partial charge in [0.05, 0.1) is 16.8 Å². The Hall–Kier alpha value is -4.60. The normalized spacial score (nSPS) is 15.7. The summed E-state index contributed by atoms with van der Waals surface area (Å²) in [6.45, 7) is 10.6. The highest BCUT2D eigenvalue weighted by Crippen LogP contribution is 2.38. The van der Waals surface area contributed by atoms with Crippen LogP contribution in [-0.4, -0.2) is 70.8 Å². The summed E-state index contributed by atoms with van der Waals surface area (Å²) in [7, 11) is 1.55. The monoisotopic (exact) mass is 561 g/mol. The Bertz CT molecular complexity index is 1490. The number of carbonyl (C=O) groups is 2. The molecule has 10 heteroatoms. The van der Waals surface area contributed by atoms with Gasteiger partial charge < -0.3 is 14.9 Å². The van der Waals surface area contributed by atoms with Crippen LogP contribution in [-0.2, 0) is 9.59 Å². The van der Waals surface area contributed by atoms with Crippen molar-refractivity contribution in [3.05, 3.63) is 83.9 Å². The molecule has 0 radical (unpaired) electrons. The predicted octanol–water partition coefficient (Wildman–Crippen LogP) is 5.25. The molecular weight excluding hydrogens is 528 g/mol. The second kappa shape index (κ2) is 12.3. The third kappa shape index (κ3) is 5.68. The van der Waals surface area contributed by atoms with Gasteiger partial charge in [-0.15, -0.1) is 0 Å². The average Bonchev–Trinajstić information content (AvgIpc) is 2.95. The number of piperazine rings is 1. The lowest BCUT2D eigenvalue weighted by molar-refractivity contribution is -0.128. The fourth-order valence-electron chi connectivity index (χ4n) is 5.17. The van der Waals surface area contributed by atoms with Crippen LogP contribution in [0.5, 0.6) is 5.75 Å². The second-order valence-electron chi connectivity index (χ2n) is 10.1. The van der Waals surface area contributed by atoms with Crippen LogP contribution in [0.1, 0.15) is 37.8 Å². The minimum atomic E-state index is -0.901. The topological polar surface area (TPSA) is 89.3 Å². The number of rotatable bonds is 7. The first-order valence-corrected chi connectivity index (χ1v) is 13.3. The van der Waals surface area contributed by atoms with Crippen molar-refractivity contribution in [3.8, 4) is 17.0 Å². The Labute approximate surface area is 238 Å². The van der Waals surface area contributed by atoms with Gasteiger partial charge in [-0.1, -0.05) is 44.7 Å². The van der Waals surface area contributed by atoms with E-state index in [1.54, 1.807) is 24.1 Å². The lowest BCUT2D eigenvalue weighted by atomic mass is 10.00. The van der Waals surface area contributed by atoms with E-state index in [0.717, 1.165) is 17.7 Å². The van der Waals surface area contributed by atoms with Crippen LogP contribution < -0.4 is 4.90 Å². The number of amides is 2. The molecule has 1 fully saturated rings. The van der Waals surface area contributed by atoms with Crippen molar-refractivity contribution in [2.45, 2.75) is 32.7 Å². The smallest absolute Gasteiger partial charge is 0.246 e. The van der Waals surface area contributed by atoms with E-state index in [2.05, 4.69) is 16.6 Å². The fourth-order valence-corrected chi connectivity index (χ4v) is 5.17. The number of hydrogen-bond acceptors (Lipinski definition) is 5. The Morgan fingerprint density at radius 3 is 2.51 bits per heavy atom. The Kier molecular flexibility index (Phi) is 8.80. The van der Waals surface area contributed by atoms with E-state index in [1.165, 1.54) is 23.1 Å². The molecule has 0 aliphatic carbocycles. The molecular formula is C31H33F2N5O3. The first-order chi connectivity index (χ1) is 19.6. The molecule has 1 aliphatic rings. The largest absolute Gasteiger partial charge is 0.507 e. The van der Waals surface area contributed by atoms with E-state index in [9.17, 15) is 19.1 Å². The summed E-state index contributed by atoms with van der Waals surface area (Å²) in [5.41, 5.74) is 0.697. The maximum atomic E-state index is 15.8. The summed E-state index contributed by atoms with van der Waals surface area (Å²) in [5.74, 6) is -2.05. The standard InChI is InChI=1S/C31H33F2N5O3/c1-6-27(41)36-14-15-37(20(4)17-36)30(34-5)22-16-24(33)29(28-23(32)11-9-13-26(28)40)35-31(22)38(18-39)25-12-8-7-10-21(25)19(2)3/h6-13,16,18-20,40H,1,14-15,17H2,2-5H3. The van der Waals surface area contributed by atoms with Crippen LogP contribution in [0.15, 0.2) is 66.2 Å². The number of benzene rings is 2. The summed E-state index contributed by atoms with van der Waals surface area (Å²) in [6, 6.07) is 11.9. The number of amidine groups is 1. The molecule has 1 N–H and O–H groups in total. The summed E-state index contributed by atoms with van der Waals surface area (Å²) in [4.78, 5) is 38.8. The van der Waals surface area contributed by atoms with Crippen LogP contribution in [0.25, 0.3) is 11.3 Å². The molecule has 2 amide bonds. The molecule has 3 aromatic rings. The summed E-state index contributed by atoms with van der Waals surface area (Å²) >= 11 is 0. The van der Waals surface area contributed by atoms with Crippen molar-refractivity contribution in [2.24, 2.45) is 4.99 Å². The first-order valence-electron chi connectivity index (χ1n) is 13.3. The summed E-state index contributed by atoms with van der Waals surface area (Å²) in [5, 5.41) is 10.4. The van der Waals surface area contributed by atoms with Gasteiger partial charge in [0.25, 0.3) is 0 Å². The van der Waals surface area contributed by atoms with E-state index in [4.69, 9.17) is 0 Å². The van der Waals surface area contributed by atoms with Crippen LogP contribution >= 0.6 is 0 Å². The number of phenolic OH excluding ortho intramolecular Hbond substituents is 1. The highest BCUT2D eigenvalue weighted by Gasteiger charge is 2.32. The van der Waals surface area contributed by atoms with E-state index in [-0.39, 0.29) is 29.2 Å². The molecule has 0 saturated carbocycles. The number of nitrogens with zero attached hydrogens (tertiary/aromatic N) is 5. The van der Waals surface area contributed by atoms with Crippen molar-refractivity contribution in [1.82, 2.24) is 14.8 Å². The van der Waals surface area contributed by atoms with Crippen molar-refractivity contribution >= 4 is 29.7 Å². The van der Waals surface area contributed by atoms with Gasteiger partial charge in [-0.3, -0.25) is 19.5 Å². The number of anilines is 2. The SMILES string of the molecule is C=CC(=O)N1CCN(C(=NC)c2cc(F)c(-c3c(O)cccc3F)nc2N(C=O)c2ccccc2C(C)C)C(C)C1. The molecule has 0 bridgehead atoms. The quantitative estimate of drug-likeness (QED) is 0.184. The summed E-state index contributed by atoms with van der Waals surface area (Å²) in [6.07, 6.45) is 1.84. The van der Waals surface area contributed by atoms with E-state index < -0.39 is 28.6 Å². The molecule has 0 spiro atoms. The lowest BCUT2D eigenvalue weighted by Crippen LogP contribution is -2.55. The van der Waals surface area contributed by atoms with Gasteiger partial charge in [-0.05, 0) is 48.7 Å². The lowest BCUT2D eigenvalue weighted by Gasteiger charge is -2.41. The number of halogens is 2. The fraction of sp³-hybridized carbons (Fsp3) is 0.290. The van der Waals surface area contributed by atoms with E-state index >= 15 is 4.39 Å². The molecule has 1 aliphatic heterocycles. The molecule has 2 heterocycles. The van der Waals surface area contributed by atoms with Crippen LogP contribution in [0.4, 0.5) is 20.3 Å². The molecule has 214 valence electrons. The molecule has 1 saturated heterocycles. The van der Waals surface area contributed by atoms with E-state index in [0.29, 0.717) is 37.6 Å². The van der Waals surface area contributed by atoms with Crippen LogP contribution in [0, 0.1) is 11.6 Å². The number of aromatic hydroxyl groups is 1. The van der Waals surface area contributed by atoms with Gasteiger partial charge in [-0.25, -0.2) is 13.8 Å². The van der Waals surface area contributed by atoms with Crippen molar-refractivity contribution in [3.63, 3.8) is 0 Å². The van der Waals surface area contributed by atoms with Gasteiger partial charge in [0.1, 0.15) is 23.1 Å². The zero-order chi connectivity index (χ0) is 29.8. The zero-order valence-corrected chi connectivity index (χ0v) is 23.5. The molecule has 1 atom stereocenters. The van der Waals surface area contributed by atoms with Gasteiger partial charge in [0.15, 0.2) is 11.6 Å². The third-order valence-electron chi connectivity index (χ3n) is 7.17. The second-order valence-corrected chi connectivity index (χ2v) is 10.1. The number of phenols is 1. The van der Waals surface area contributed by atoms with Gasteiger partial charge in [-0.2, -0.15) is 0 Å². The van der Waals surface area contributed by atoms with Crippen LogP contribution in [0.2, 0.25) is 0 Å². The van der Waals surface area contributed by atoms with Crippen molar-refractivity contribution in [1.29, 1.82) is 0 Å². The predicted molar refractivity (Wildman–Crippen MR) is 155 cm³/mol. The van der Waals surface area contributed by atoms with Gasteiger partial charge in [0.2, 0.25) is 12.3 Å². The molecule has 8 nitrogen and oxygen atoms in total. The number of hydrogen-bond donors (Lipinski definition) is 1. The van der Waals surface area contributed by atoms with Crippen LogP contribution in [0.3, 0.4) is 0 Å². The number of aromatic nitrogens is 1. The summed E-state index contributed by atoms with van der Waals surface area (Å²) < 4.78 is 30.7. The Balaban J connectivity index is 1.95. The zero-order valence-electron chi connectivity index (χ0n) is 23.5. The molecule has 41 heavy (non-hydrogen) atoms. The minimum absolute atomic E-state index is 0.0181. The average molecular weight is 562 g/mol.